The zero-order valence-electron chi connectivity index (χ0n) is 25.8. The molecule has 8 heteroatoms. The van der Waals surface area contributed by atoms with E-state index in [4.69, 9.17) is 22.0 Å². The maximum atomic E-state index is 12.1. The molecule has 0 aromatic heterocycles. The minimum Gasteiger partial charge on any atom is -0.478 e. The number of amides is 1. The number of aliphatic carboxylic acids is 1. The van der Waals surface area contributed by atoms with Crippen molar-refractivity contribution >= 4 is 17.6 Å². The van der Waals surface area contributed by atoms with E-state index in [0.717, 1.165) is 42.7 Å². The van der Waals surface area contributed by atoms with Crippen molar-refractivity contribution in [2.75, 3.05) is 13.1 Å². The standard InChI is InChI=1S/C20H34N4O.C6H9NO2.2C2H6/c1-14(2)17(16(4)21)11-15(3)13-23-19(25)12-18(22)24-9-7-20(5,6)8-10-24;1-3-5(4(2)7)6(8)9;2*1-2/h11-13,16H,1,7-10,21-22H2,2-6H3,(H,23,25);3,7H,1-2H3,(H,8,9);2*1-2H3/b15-13-,17-11+,18-12+;5-3+,7-4?;;. The topological polar surface area (TPSA) is 146 Å². The Kier molecular flexibility index (Phi) is 21.6. The zero-order chi connectivity index (χ0) is 30.6. The van der Waals surface area contributed by atoms with Crippen molar-refractivity contribution in [1.82, 2.24) is 10.2 Å². The molecule has 8 nitrogen and oxygen atoms in total. The summed E-state index contributed by atoms with van der Waals surface area (Å²) in [6, 6.07) is -0.101. The lowest BCUT2D eigenvalue weighted by Crippen LogP contribution is -2.39. The fraction of sp³-hybridized carbons (Fsp3) is 0.567. The number of hydrogen-bond donors (Lipinski definition) is 5. The number of hydrogen-bond acceptors (Lipinski definition) is 6. The molecule has 7 N–H and O–H groups in total. The predicted octanol–water partition coefficient (Wildman–Crippen LogP) is 5.89. The number of carbonyl (C=O) groups is 2. The monoisotopic (exact) mass is 533 g/mol. The molecule has 38 heavy (non-hydrogen) atoms. The van der Waals surface area contributed by atoms with Gasteiger partial charge in [-0.15, -0.1) is 0 Å². The predicted molar refractivity (Wildman–Crippen MR) is 163 cm³/mol. The molecule has 0 spiro atoms. The number of carboxylic acids is 1. The van der Waals surface area contributed by atoms with Gasteiger partial charge in [-0.1, -0.05) is 65.8 Å². The van der Waals surface area contributed by atoms with Crippen molar-refractivity contribution in [2.45, 2.75) is 95.0 Å². The van der Waals surface area contributed by atoms with Gasteiger partial charge in [-0.3, -0.25) is 4.79 Å². The molecule has 1 saturated heterocycles. The van der Waals surface area contributed by atoms with E-state index in [1.165, 1.54) is 19.1 Å². The van der Waals surface area contributed by atoms with E-state index < -0.39 is 5.97 Å². The third-order valence-corrected chi connectivity index (χ3v) is 5.49. The summed E-state index contributed by atoms with van der Waals surface area (Å²) in [5.41, 5.74) is 15.3. The van der Waals surface area contributed by atoms with Crippen LogP contribution in [-0.2, 0) is 9.59 Å². The van der Waals surface area contributed by atoms with Gasteiger partial charge < -0.3 is 32.2 Å². The van der Waals surface area contributed by atoms with Gasteiger partial charge in [0.2, 0.25) is 0 Å². The third kappa shape index (κ3) is 17.3. The van der Waals surface area contributed by atoms with Gasteiger partial charge >= 0.3 is 5.97 Å². The number of nitrogens with two attached hydrogens (primary N) is 2. The van der Waals surface area contributed by atoms with Gasteiger partial charge in [-0.25, -0.2) is 4.79 Å². The van der Waals surface area contributed by atoms with Gasteiger partial charge in [0.05, 0.1) is 5.57 Å². The Labute approximate surface area is 232 Å². The van der Waals surface area contributed by atoms with E-state index >= 15 is 0 Å². The van der Waals surface area contributed by atoms with Gasteiger partial charge in [-0.2, -0.15) is 0 Å². The molecule has 1 unspecified atom stereocenters. The van der Waals surface area contributed by atoms with Crippen LogP contribution in [0.15, 0.2) is 59.1 Å². The molecule has 1 atom stereocenters. The Bertz CT molecular complexity index is 868. The summed E-state index contributed by atoms with van der Waals surface area (Å²) < 4.78 is 0. The Morgan fingerprint density at radius 1 is 1.08 bits per heavy atom. The normalized spacial score (nSPS) is 16.3. The van der Waals surface area contributed by atoms with E-state index in [0.29, 0.717) is 11.2 Å². The highest BCUT2D eigenvalue weighted by molar-refractivity contribution is 6.16. The van der Waals surface area contributed by atoms with Crippen LogP contribution in [-0.4, -0.2) is 46.7 Å². The summed E-state index contributed by atoms with van der Waals surface area (Å²) in [4.78, 5) is 24.3. The molecular formula is C30H55N5O3. The lowest BCUT2D eigenvalue weighted by molar-refractivity contribution is -0.132. The summed E-state index contributed by atoms with van der Waals surface area (Å²) in [7, 11) is 0. The van der Waals surface area contributed by atoms with E-state index in [1.807, 2.05) is 54.5 Å². The number of nitrogens with one attached hydrogen (secondary N) is 2. The molecular weight excluding hydrogens is 478 g/mol. The van der Waals surface area contributed by atoms with Crippen LogP contribution < -0.4 is 16.8 Å². The smallest absolute Gasteiger partial charge is 0.337 e. The first-order valence-electron chi connectivity index (χ1n) is 13.4. The fourth-order valence-electron chi connectivity index (χ4n) is 3.25. The van der Waals surface area contributed by atoms with Crippen LogP contribution >= 0.6 is 0 Å². The Morgan fingerprint density at radius 3 is 1.87 bits per heavy atom. The fourth-order valence-corrected chi connectivity index (χ4v) is 3.25. The minimum absolute atomic E-state index is 0.0648. The Morgan fingerprint density at radius 2 is 1.55 bits per heavy atom. The van der Waals surface area contributed by atoms with E-state index in [2.05, 4.69) is 30.6 Å². The first-order valence-corrected chi connectivity index (χ1v) is 13.4. The average Bonchev–Trinajstić information content (AvgIpc) is 2.83. The lowest BCUT2D eigenvalue weighted by atomic mass is 9.83. The second kappa shape index (κ2) is 20.9. The number of piperidine rings is 1. The molecule has 0 saturated carbocycles. The molecule has 1 amide bonds. The molecule has 1 aliphatic heterocycles. The third-order valence-electron chi connectivity index (χ3n) is 5.49. The summed E-state index contributed by atoms with van der Waals surface area (Å²) in [6.45, 7) is 27.0. The Balaban J connectivity index is -0.000000789. The number of nitrogens with zero attached hydrogens (tertiary/aromatic N) is 1. The summed E-state index contributed by atoms with van der Waals surface area (Å²) in [5.74, 6) is -0.745. The molecule has 0 aliphatic carbocycles. The number of allylic oxidation sites excluding steroid dienone is 3. The van der Waals surface area contributed by atoms with E-state index in [1.54, 1.807) is 13.1 Å². The molecule has 1 rings (SSSR count). The van der Waals surface area contributed by atoms with Crippen LogP contribution in [0.25, 0.3) is 0 Å². The van der Waals surface area contributed by atoms with Gasteiger partial charge in [0.15, 0.2) is 0 Å². The molecule has 1 heterocycles. The van der Waals surface area contributed by atoms with Crippen molar-refractivity contribution in [1.29, 1.82) is 5.41 Å². The van der Waals surface area contributed by atoms with Crippen molar-refractivity contribution < 1.29 is 14.7 Å². The van der Waals surface area contributed by atoms with Crippen molar-refractivity contribution in [3.05, 3.63) is 59.1 Å². The zero-order valence-corrected chi connectivity index (χ0v) is 25.8. The van der Waals surface area contributed by atoms with E-state index in [9.17, 15) is 9.59 Å². The van der Waals surface area contributed by atoms with Crippen LogP contribution in [0.2, 0.25) is 0 Å². The molecule has 0 aromatic rings. The molecule has 218 valence electrons. The lowest BCUT2D eigenvalue weighted by Gasteiger charge is -2.38. The van der Waals surface area contributed by atoms with Crippen LogP contribution in [0.5, 0.6) is 0 Å². The van der Waals surface area contributed by atoms with Crippen LogP contribution in [0, 0.1) is 10.8 Å². The van der Waals surface area contributed by atoms with Crippen molar-refractivity contribution in [2.24, 2.45) is 16.9 Å². The quantitative estimate of drug-likeness (QED) is 0.149. The summed E-state index contributed by atoms with van der Waals surface area (Å²) >= 11 is 0. The minimum atomic E-state index is -1.04. The first-order chi connectivity index (χ1) is 17.6. The highest BCUT2D eigenvalue weighted by Gasteiger charge is 2.25. The average molecular weight is 534 g/mol. The van der Waals surface area contributed by atoms with Crippen molar-refractivity contribution in [3.8, 4) is 0 Å². The van der Waals surface area contributed by atoms with Gasteiger partial charge in [-0.05, 0) is 64.0 Å². The number of carbonyl (C=O) groups excluding carboxylic acids is 1. The largest absolute Gasteiger partial charge is 0.478 e. The molecule has 1 aliphatic rings. The molecule has 0 aromatic carbocycles. The molecule has 0 radical (unpaired) electrons. The number of likely N-dealkylation sites (tertiary alicyclic amines) is 1. The van der Waals surface area contributed by atoms with Crippen LogP contribution in [0.1, 0.15) is 89.0 Å². The van der Waals surface area contributed by atoms with E-state index in [-0.39, 0.29) is 23.2 Å². The summed E-state index contributed by atoms with van der Waals surface area (Å²) in [5, 5.41) is 18.0. The number of rotatable bonds is 8. The second-order valence-corrected chi connectivity index (χ2v) is 9.42. The van der Waals surface area contributed by atoms with Crippen molar-refractivity contribution in [3.63, 3.8) is 0 Å². The Hall–Kier alpha value is -3.13. The molecule has 1 fully saturated rings. The highest BCUT2D eigenvalue weighted by atomic mass is 16.4. The first kappa shape index (κ1) is 39.4. The van der Waals surface area contributed by atoms with Gasteiger partial charge in [0.25, 0.3) is 5.91 Å². The maximum Gasteiger partial charge on any atom is 0.337 e. The van der Waals surface area contributed by atoms with Crippen LogP contribution in [0.3, 0.4) is 0 Å². The van der Waals surface area contributed by atoms with Crippen LogP contribution in [0.4, 0.5) is 0 Å². The summed E-state index contributed by atoms with van der Waals surface area (Å²) in [6.07, 6.45) is 8.62. The molecule has 0 bridgehead atoms. The second-order valence-electron chi connectivity index (χ2n) is 9.42. The van der Waals surface area contributed by atoms with Gasteiger partial charge in [0, 0.05) is 37.1 Å². The highest BCUT2D eigenvalue weighted by Crippen LogP contribution is 2.30. The van der Waals surface area contributed by atoms with Gasteiger partial charge in [0.1, 0.15) is 5.82 Å². The SMILES string of the molecule is C/C=C(\C(C)=N)C(=O)O.C=C(C)/C(=C\C(C)=C/NC(=O)/C=C(\N)N1CCC(C)(C)CC1)C(C)N.CC.CC. The maximum absolute atomic E-state index is 12.1. The number of carboxylic acid groups (broad SMARTS) is 1.